The van der Waals surface area contributed by atoms with Crippen LogP contribution in [0.5, 0.6) is 5.75 Å². The molecule has 1 aromatic carbocycles. The van der Waals surface area contributed by atoms with Crippen molar-refractivity contribution in [2.45, 2.75) is 58.9 Å². The monoisotopic (exact) mass is 481 g/mol. The molecular formula is C25H34F3N3O3. The van der Waals surface area contributed by atoms with E-state index in [4.69, 9.17) is 10.5 Å². The predicted molar refractivity (Wildman–Crippen MR) is 125 cm³/mol. The number of hydrogen-bond acceptors (Lipinski definition) is 4. The lowest BCUT2D eigenvalue weighted by Gasteiger charge is -2.26. The molecule has 1 saturated heterocycles. The molecule has 3 rings (SSSR count). The summed E-state index contributed by atoms with van der Waals surface area (Å²) < 4.78 is 50.1. The van der Waals surface area contributed by atoms with Crippen LogP contribution in [0.3, 0.4) is 0 Å². The van der Waals surface area contributed by atoms with Gasteiger partial charge in [-0.15, -0.1) is 13.2 Å². The van der Waals surface area contributed by atoms with Gasteiger partial charge in [-0.3, -0.25) is 9.69 Å². The highest BCUT2D eigenvalue weighted by Crippen LogP contribution is 2.36. The number of benzene rings is 1. The fourth-order valence-corrected chi connectivity index (χ4v) is 4.64. The predicted octanol–water partition coefficient (Wildman–Crippen LogP) is 4.92. The van der Waals surface area contributed by atoms with Crippen molar-refractivity contribution in [2.24, 2.45) is 5.73 Å². The molecule has 1 aromatic heterocycles. The molecule has 0 spiro atoms. The molecule has 0 aliphatic carbocycles. The maximum absolute atomic E-state index is 12.8. The summed E-state index contributed by atoms with van der Waals surface area (Å²) in [6, 6.07) is 5.79. The normalized spacial score (nSPS) is 15.0. The molecule has 0 atom stereocenters. The Morgan fingerprint density at radius 3 is 2.53 bits per heavy atom. The Hall–Kier alpha value is -2.52. The molecule has 0 radical (unpaired) electrons. The lowest BCUT2D eigenvalue weighted by Crippen LogP contribution is -2.37. The summed E-state index contributed by atoms with van der Waals surface area (Å²) in [4.78, 5) is 14.9. The first-order chi connectivity index (χ1) is 16.2. The third-order valence-corrected chi connectivity index (χ3v) is 6.21. The molecule has 0 unspecified atom stereocenters. The summed E-state index contributed by atoms with van der Waals surface area (Å²) >= 11 is 0. The van der Waals surface area contributed by atoms with Gasteiger partial charge < -0.3 is 19.8 Å². The highest BCUT2D eigenvalue weighted by Gasteiger charge is 2.31. The van der Waals surface area contributed by atoms with Crippen LogP contribution in [-0.4, -0.2) is 54.6 Å². The second kappa shape index (κ2) is 11.8. The van der Waals surface area contributed by atoms with Gasteiger partial charge in [0, 0.05) is 43.1 Å². The van der Waals surface area contributed by atoms with Gasteiger partial charge in [-0.25, -0.2) is 0 Å². The fourth-order valence-electron chi connectivity index (χ4n) is 4.64. The third kappa shape index (κ3) is 6.76. The standard InChI is InChI=1S/C25H34F3N3O3/c1-3-4-5-10-21-23(19-8-6-9-20(17-19)34-25(26,27)28)22(24(29)32)18(2)31(21)12-7-11-30-13-15-33-16-14-30/h6,8-9,17H,3-5,7,10-16H2,1-2H3,(H2,29,32). The van der Waals surface area contributed by atoms with E-state index in [1.807, 2.05) is 6.92 Å². The van der Waals surface area contributed by atoms with Gasteiger partial charge in [0.2, 0.25) is 0 Å². The zero-order valence-corrected chi connectivity index (χ0v) is 19.9. The molecule has 1 aliphatic heterocycles. The number of carbonyl (C=O) groups is 1. The number of primary amides is 1. The molecule has 1 fully saturated rings. The Bertz CT molecular complexity index is 966. The Labute approximate surface area is 198 Å². The summed E-state index contributed by atoms with van der Waals surface area (Å²) in [5, 5.41) is 0. The Morgan fingerprint density at radius 1 is 1.15 bits per heavy atom. The van der Waals surface area contributed by atoms with Gasteiger partial charge in [0.05, 0.1) is 18.8 Å². The molecular weight excluding hydrogens is 447 g/mol. The minimum absolute atomic E-state index is 0.322. The average Bonchev–Trinajstić information content (AvgIpc) is 3.05. The first-order valence-corrected chi connectivity index (χ1v) is 11.9. The van der Waals surface area contributed by atoms with Crippen molar-refractivity contribution in [3.63, 3.8) is 0 Å². The average molecular weight is 482 g/mol. The zero-order valence-electron chi connectivity index (χ0n) is 19.9. The first kappa shape index (κ1) is 26.1. The van der Waals surface area contributed by atoms with E-state index in [1.165, 1.54) is 18.2 Å². The van der Waals surface area contributed by atoms with E-state index in [1.54, 1.807) is 6.07 Å². The fraction of sp³-hybridized carbons (Fsp3) is 0.560. The van der Waals surface area contributed by atoms with Crippen molar-refractivity contribution < 1.29 is 27.4 Å². The smallest absolute Gasteiger partial charge is 0.406 e. The molecule has 2 heterocycles. The summed E-state index contributed by atoms with van der Waals surface area (Å²) in [5.74, 6) is -0.907. The SMILES string of the molecule is CCCCCc1c(-c2cccc(OC(F)(F)F)c2)c(C(N)=O)c(C)n1CCCN1CCOCC1. The Balaban J connectivity index is 1.98. The van der Waals surface area contributed by atoms with E-state index in [2.05, 4.69) is 21.1 Å². The van der Waals surface area contributed by atoms with E-state index in [0.717, 1.165) is 69.9 Å². The van der Waals surface area contributed by atoms with Crippen LogP contribution < -0.4 is 10.5 Å². The quantitative estimate of drug-likeness (QED) is 0.463. The van der Waals surface area contributed by atoms with Crippen LogP contribution in [0.1, 0.15) is 54.4 Å². The van der Waals surface area contributed by atoms with E-state index in [-0.39, 0.29) is 5.75 Å². The van der Waals surface area contributed by atoms with E-state index in [0.29, 0.717) is 29.7 Å². The van der Waals surface area contributed by atoms with Gasteiger partial charge in [-0.2, -0.15) is 0 Å². The minimum atomic E-state index is -4.80. The second-order valence-electron chi connectivity index (χ2n) is 8.64. The Kier molecular flexibility index (Phi) is 9.02. The summed E-state index contributed by atoms with van der Waals surface area (Å²) in [5.41, 5.74) is 8.95. The van der Waals surface area contributed by atoms with Gasteiger partial charge in [0.1, 0.15) is 5.75 Å². The largest absolute Gasteiger partial charge is 0.573 e. The van der Waals surface area contributed by atoms with Crippen LogP contribution in [-0.2, 0) is 17.7 Å². The summed E-state index contributed by atoms with van der Waals surface area (Å²) in [6.45, 7) is 8.84. The van der Waals surface area contributed by atoms with Crippen molar-refractivity contribution in [3.8, 4) is 16.9 Å². The molecule has 1 aliphatic rings. The highest BCUT2D eigenvalue weighted by molar-refractivity contribution is 6.02. The van der Waals surface area contributed by atoms with E-state index < -0.39 is 12.3 Å². The molecule has 0 saturated carbocycles. The molecule has 34 heavy (non-hydrogen) atoms. The number of carbonyl (C=O) groups excluding carboxylic acids is 1. The third-order valence-electron chi connectivity index (χ3n) is 6.21. The number of halogens is 3. The molecule has 9 heteroatoms. The van der Waals surface area contributed by atoms with Crippen molar-refractivity contribution >= 4 is 5.91 Å². The summed E-state index contributed by atoms with van der Waals surface area (Å²) in [7, 11) is 0. The Morgan fingerprint density at radius 2 is 1.88 bits per heavy atom. The lowest BCUT2D eigenvalue weighted by atomic mass is 9.97. The number of aromatic nitrogens is 1. The van der Waals surface area contributed by atoms with Crippen molar-refractivity contribution in [1.82, 2.24) is 9.47 Å². The molecule has 6 nitrogen and oxygen atoms in total. The topological polar surface area (TPSA) is 69.7 Å². The molecule has 2 aromatic rings. The van der Waals surface area contributed by atoms with Crippen LogP contribution in [0.15, 0.2) is 24.3 Å². The molecule has 188 valence electrons. The molecule has 1 amide bonds. The second-order valence-corrected chi connectivity index (χ2v) is 8.64. The van der Waals surface area contributed by atoms with E-state index in [9.17, 15) is 18.0 Å². The number of unbranched alkanes of at least 4 members (excludes halogenated alkanes) is 2. The number of alkyl halides is 3. The van der Waals surface area contributed by atoms with E-state index >= 15 is 0 Å². The van der Waals surface area contributed by atoms with Gasteiger partial charge >= 0.3 is 6.36 Å². The number of rotatable bonds is 11. The molecule has 0 bridgehead atoms. The maximum atomic E-state index is 12.8. The van der Waals surface area contributed by atoms with Crippen molar-refractivity contribution in [2.75, 3.05) is 32.8 Å². The van der Waals surface area contributed by atoms with Gasteiger partial charge in [0.15, 0.2) is 0 Å². The van der Waals surface area contributed by atoms with Crippen molar-refractivity contribution in [3.05, 3.63) is 41.2 Å². The van der Waals surface area contributed by atoms with Crippen molar-refractivity contribution in [1.29, 1.82) is 0 Å². The minimum Gasteiger partial charge on any atom is -0.406 e. The number of morpholine rings is 1. The summed E-state index contributed by atoms with van der Waals surface area (Å²) in [6.07, 6.45) is -0.252. The number of amides is 1. The van der Waals surface area contributed by atoms with Crippen LogP contribution >= 0.6 is 0 Å². The number of nitrogens with zero attached hydrogens (tertiary/aromatic N) is 2. The lowest BCUT2D eigenvalue weighted by molar-refractivity contribution is -0.274. The number of ether oxygens (including phenoxy) is 2. The van der Waals surface area contributed by atoms with Crippen LogP contribution in [0.25, 0.3) is 11.1 Å². The van der Waals surface area contributed by atoms with Crippen LogP contribution in [0.2, 0.25) is 0 Å². The highest BCUT2D eigenvalue weighted by atomic mass is 19.4. The molecule has 2 N–H and O–H groups in total. The first-order valence-electron chi connectivity index (χ1n) is 11.9. The van der Waals surface area contributed by atoms with Gasteiger partial charge in [0.25, 0.3) is 5.91 Å². The van der Waals surface area contributed by atoms with Crippen LogP contribution in [0, 0.1) is 6.92 Å². The number of hydrogen-bond donors (Lipinski definition) is 1. The van der Waals surface area contributed by atoms with Crippen LogP contribution in [0.4, 0.5) is 13.2 Å². The number of nitrogens with two attached hydrogens (primary N) is 1. The maximum Gasteiger partial charge on any atom is 0.573 e. The van der Waals surface area contributed by atoms with Gasteiger partial charge in [-0.1, -0.05) is 31.9 Å². The zero-order chi connectivity index (χ0) is 24.7. The van der Waals surface area contributed by atoms with Gasteiger partial charge in [-0.05, 0) is 43.9 Å².